The number of amides is 1. The molecule has 0 radical (unpaired) electrons. The predicted molar refractivity (Wildman–Crippen MR) is 81.4 cm³/mol. The Balaban J connectivity index is 1.74. The predicted octanol–water partition coefficient (Wildman–Crippen LogP) is 2.45. The summed E-state index contributed by atoms with van der Waals surface area (Å²) in [4.78, 5) is 16.2. The molecule has 0 atom stereocenters. The largest absolute Gasteiger partial charge is 0.508 e. The van der Waals surface area contributed by atoms with E-state index in [9.17, 15) is 9.90 Å². The number of hydrogen-bond acceptors (Lipinski definition) is 4. The molecular weight excluding hydrogens is 280 g/mol. The van der Waals surface area contributed by atoms with E-state index in [2.05, 4.69) is 15.4 Å². The Morgan fingerprint density at radius 1 is 1.18 bits per heavy atom. The molecule has 22 heavy (non-hydrogen) atoms. The van der Waals surface area contributed by atoms with Gasteiger partial charge in [0.2, 0.25) is 11.9 Å². The van der Waals surface area contributed by atoms with Crippen LogP contribution in [0.25, 0.3) is 16.9 Å². The first-order chi connectivity index (χ1) is 10.7. The maximum absolute atomic E-state index is 11.8. The lowest BCUT2D eigenvalue weighted by atomic mass is 10.1. The van der Waals surface area contributed by atoms with Gasteiger partial charge in [0.1, 0.15) is 5.75 Å². The summed E-state index contributed by atoms with van der Waals surface area (Å²) in [5, 5.41) is 16.5. The SMILES string of the molecule is O=C(Nc1nc2cccc(-c3ccc(O)cc3)n2n1)C1CC1. The molecule has 6 nitrogen and oxygen atoms in total. The second kappa shape index (κ2) is 4.84. The number of nitrogens with one attached hydrogen (secondary N) is 1. The number of hydrogen-bond donors (Lipinski definition) is 2. The van der Waals surface area contributed by atoms with Crippen molar-refractivity contribution in [3.8, 4) is 17.0 Å². The number of rotatable bonds is 3. The van der Waals surface area contributed by atoms with Crippen molar-refractivity contribution in [2.24, 2.45) is 5.92 Å². The second-order valence-electron chi connectivity index (χ2n) is 5.43. The van der Waals surface area contributed by atoms with E-state index in [1.54, 1.807) is 16.6 Å². The fourth-order valence-corrected chi connectivity index (χ4v) is 2.37. The van der Waals surface area contributed by atoms with Gasteiger partial charge in [0.05, 0.1) is 5.69 Å². The van der Waals surface area contributed by atoms with Gasteiger partial charge in [-0.25, -0.2) is 4.52 Å². The number of pyridine rings is 1. The van der Waals surface area contributed by atoms with Crippen molar-refractivity contribution in [2.45, 2.75) is 12.8 Å². The van der Waals surface area contributed by atoms with E-state index in [1.807, 2.05) is 30.3 Å². The molecule has 1 aliphatic carbocycles. The van der Waals surface area contributed by atoms with Gasteiger partial charge in [-0.1, -0.05) is 6.07 Å². The normalized spacial score (nSPS) is 14.2. The zero-order valence-corrected chi connectivity index (χ0v) is 11.7. The smallest absolute Gasteiger partial charge is 0.249 e. The van der Waals surface area contributed by atoms with Crippen molar-refractivity contribution in [1.82, 2.24) is 14.6 Å². The molecule has 2 N–H and O–H groups in total. The molecule has 2 heterocycles. The lowest BCUT2D eigenvalue weighted by Gasteiger charge is -2.04. The van der Waals surface area contributed by atoms with Gasteiger partial charge in [-0.05, 0) is 49.2 Å². The van der Waals surface area contributed by atoms with E-state index in [4.69, 9.17) is 0 Å². The van der Waals surface area contributed by atoms with Gasteiger partial charge >= 0.3 is 0 Å². The summed E-state index contributed by atoms with van der Waals surface area (Å²) in [5.74, 6) is 0.639. The molecule has 1 saturated carbocycles. The fourth-order valence-electron chi connectivity index (χ4n) is 2.37. The highest BCUT2D eigenvalue weighted by molar-refractivity contribution is 5.92. The molecule has 2 aromatic heterocycles. The molecule has 6 heteroatoms. The summed E-state index contributed by atoms with van der Waals surface area (Å²) in [6, 6.07) is 12.5. The highest BCUT2D eigenvalue weighted by atomic mass is 16.3. The standard InChI is InChI=1S/C16H14N4O2/c21-12-8-6-10(7-9-12)13-2-1-3-14-17-16(19-20(13)14)18-15(22)11-4-5-11/h1-3,6-9,11,21H,4-5H2,(H,18,19,22). The van der Waals surface area contributed by atoms with Crippen molar-refractivity contribution in [1.29, 1.82) is 0 Å². The highest BCUT2D eigenvalue weighted by Crippen LogP contribution is 2.30. The third-order valence-corrected chi connectivity index (χ3v) is 3.71. The summed E-state index contributed by atoms with van der Waals surface area (Å²) >= 11 is 0. The molecule has 0 unspecified atom stereocenters. The van der Waals surface area contributed by atoms with E-state index in [1.165, 1.54) is 0 Å². The number of phenols is 1. The highest BCUT2D eigenvalue weighted by Gasteiger charge is 2.30. The van der Waals surface area contributed by atoms with Crippen LogP contribution in [0.3, 0.4) is 0 Å². The van der Waals surface area contributed by atoms with Crippen LogP contribution in [0.4, 0.5) is 5.95 Å². The van der Waals surface area contributed by atoms with Crippen molar-refractivity contribution in [2.75, 3.05) is 5.32 Å². The van der Waals surface area contributed by atoms with Crippen LogP contribution < -0.4 is 5.32 Å². The molecule has 110 valence electrons. The van der Waals surface area contributed by atoms with Gasteiger partial charge in [-0.15, -0.1) is 5.10 Å². The molecular formula is C16H14N4O2. The first kappa shape index (κ1) is 12.8. The molecule has 3 aromatic rings. The van der Waals surface area contributed by atoms with E-state index < -0.39 is 0 Å². The molecule has 0 spiro atoms. The van der Waals surface area contributed by atoms with Crippen LogP contribution in [0.15, 0.2) is 42.5 Å². The second-order valence-corrected chi connectivity index (χ2v) is 5.43. The van der Waals surface area contributed by atoms with E-state index in [0.717, 1.165) is 24.1 Å². The maximum atomic E-state index is 11.8. The van der Waals surface area contributed by atoms with Crippen molar-refractivity contribution < 1.29 is 9.90 Å². The Hall–Kier alpha value is -2.89. The molecule has 1 aromatic carbocycles. The van der Waals surface area contributed by atoms with Crippen molar-refractivity contribution in [3.63, 3.8) is 0 Å². The third kappa shape index (κ3) is 2.28. The van der Waals surface area contributed by atoms with Gasteiger partial charge in [0, 0.05) is 11.5 Å². The summed E-state index contributed by atoms with van der Waals surface area (Å²) in [6.07, 6.45) is 1.88. The number of carbonyl (C=O) groups is 1. The van der Waals surface area contributed by atoms with Gasteiger partial charge in [-0.2, -0.15) is 4.98 Å². The number of fused-ring (bicyclic) bond motifs is 1. The first-order valence-corrected chi connectivity index (χ1v) is 7.17. The van der Waals surface area contributed by atoms with Gasteiger partial charge in [0.15, 0.2) is 5.65 Å². The lowest BCUT2D eigenvalue weighted by molar-refractivity contribution is -0.117. The minimum Gasteiger partial charge on any atom is -0.508 e. The topological polar surface area (TPSA) is 79.5 Å². The number of aromatic hydroxyl groups is 1. The summed E-state index contributed by atoms with van der Waals surface area (Å²) in [7, 11) is 0. The molecule has 1 fully saturated rings. The number of anilines is 1. The average molecular weight is 294 g/mol. The van der Waals surface area contributed by atoms with Gasteiger partial charge in [0.25, 0.3) is 0 Å². The minimum absolute atomic E-state index is 0.0120. The van der Waals surface area contributed by atoms with Gasteiger partial charge in [-0.3, -0.25) is 10.1 Å². The van der Waals surface area contributed by atoms with E-state index in [-0.39, 0.29) is 17.6 Å². The molecule has 1 aliphatic rings. The molecule has 0 bridgehead atoms. The van der Waals surface area contributed by atoms with E-state index in [0.29, 0.717) is 11.6 Å². The Morgan fingerprint density at radius 3 is 2.68 bits per heavy atom. The molecule has 4 rings (SSSR count). The molecule has 1 amide bonds. The van der Waals surface area contributed by atoms with Crippen LogP contribution in [0.2, 0.25) is 0 Å². The average Bonchev–Trinajstić information content (AvgIpc) is 3.28. The van der Waals surface area contributed by atoms with Crippen LogP contribution >= 0.6 is 0 Å². The fraction of sp³-hybridized carbons (Fsp3) is 0.188. The molecule has 0 aliphatic heterocycles. The monoisotopic (exact) mass is 294 g/mol. The number of carbonyl (C=O) groups excluding carboxylic acids is 1. The minimum atomic E-state index is -0.0120. The molecule has 0 saturated heterocycles. The third-order valence-electron chi connectivity index (χ3n) is 3.71. The van der Waals surface area contributed by atoms with E-state index >= 15 is 0 Å². The van der Waals surface area contributed by atoms with Gasteiger partial charge < -0.3 is 5.11 Å². The lowest BCUT2D eigenvalue weighted by Crippen LogP contribution is -2.14. The van der Waals surface area contributed by atoms with Crippen LogP contribution in [0.5, 0.6) is 5.75 Å². The number of nitrogens with zero attached hydrogens (tertiary/aromatic N) is 3. The van der Waals surface area contributed by atoms with Crippen molar-refractivity contribution in [3.05, 3.63) is 42.5 Å². The number of aromatic nitrogens is 3. The quantitative estimate of drug-likeness (QED) is 0.777. The number of phenolic OH excluding ortho intramolecular Hbond substituents is 1. The Labute approximate surface area is 126 Å². The summed E-state index contributed by atoms with van der Waals surface area (Å²) < 4.78 is 1.69. The van der Waals surface area contributed by atoms with Crippen LogP contribution in [-0.4, -0.2) is 25.6 Å². The Morgan fingerprint density at radius 2 is 1.95 bits per heavy atom. The van der Waals surface area contributed by atoms with Crippen LogP contribution in [-0.2, 0) is 4.79 Å². The first-order valence-electron chi connectivity index (χ1n) is 7.17. The van der Waals surface area contributed by atoms with Crippen LogP contribution in [0, 0.1) is 5.92 Å². The summed E-state index contributed by atoms with van der Waals surface area (Å²) in [6.45, 7) is 0. The number of benzene rings is 1. The Bertz CT molecular complexity index is 850. The summed E-state index contributed by atoms with van der Waals surface area (Å²) in [5.41, 5.74) is 2.42. The Kier molecular flexibility index (Phi) is 2.82. The van der Waals surface area contributed by atoms with Crippen LogP contribution in [0.1, 0.15) is 12.8 Å². The van der Waals surface area contributed by atoms with Crippen molar-refractivity contribution >= 4 is 17.5 Å². The zero-order chi connectivity index (χ0) is 15.1. The maximum Gasteiger partial charge on any atom is 0.249 e. The zero-order valence-electron chi connectivity index (χ0n) is 11.7.